The minimum absolute atomic E-state index is 0.0497. The van der Waals surface area contributed by atoms with Crippen molar-refractivity contribution in [1.82, 2.24) is 0 Å². The van der Waals surface area contributed by atoms with Crippen LogP contribution in [0.15, 0.2) is 194 Å². The van der Waals surface area contributed by atoms with Crippen LogP contribution in [-0.2, 0) is 65.4 Å². The van der Waals surface area contributed by atoms with Crippen molar-refractivity contribution in [2.75, 3.05) is 39.6 Å². The standard InChI is InChI=1S/C87H138O17P2/c1-5-9-13-17-21-25-29-33-37-39-40-42-45-48-52-56-60-64-68-72-85(90)98-78-83(104-87(92)74-70-66-62-58-54-50-46-41-38-34-30-26-22-18-14-10-6-2)80-102-106(95,96)100-76-81(88)75-99-105(93,94)101-79-82(103-86(91)73-69-65-61-57-53-49-44-36-32-28-24-20-16-12-8-4)77-97-84(89)71-67-63-59-55-51-47-43-35-31-27-23-19-15-11-7-3/h9-16,21-28,33-38,40,42-44,46,48,50-52,55,81-83,88H,5-8,17-20,29-32,39,41,45,47,49,53-54,56-80H2,1-4H3,(H,93,94)(H,95,96)/b13-9-,14-10-,15-11-,16-12-,25-21-,26-22-,27-23-,28-24-,37-33-,38-34-,42-40-,43-35-,44-36-,50-46-,52-48-,55-51-. The molecule has 0 rings (SSSR count). The van der Waals surface area contributed by atoms with Crippen molar-refractivity contribution in [2.24, 2.45) is 0 Å². The SMILES string of the molecule is CC/C=C\C/C=C\C/C=C\C/C=C\C/C=C\CCCCCC(=O)OCC(COP(=O)(O)OCC(O)COP(=O)(O)OCC(COC(=O)CCCC/C=C\C/C=C\C/C=C\C/C=C\CC)OC(=O)CCCCCCC/C=C\C/C=C\C/C=C\CC)OC(=O)CCCCCC/C=C\C/C=C\C/C=C\C/C=C\CC. The molecule has 0 bridgehead atoms. The third-order valence-electron chi connectivity index (χ3n) is 15.5. The van der Waals surface area contributed by atoms with Crippen LogP contribution in [0.25, 0.3) is 0 Å². The molecular weight excluding hydrogens is 1380 g/mol. The van der Waals surface area contributed by atoms with Crippen molar-refractivity contribution in [3.63, 3.8) is 0 Å². The van der Waals surface area contributed by atoms with Crippen LogP contribution in [0.5, 0.6) is 0 Å². The van der Waals surface area contributed by atoms with Gasteiger partial charge in [0.25, 0.3) is 0 Å². The van der Waals surface area contributed by atoms with Crippen LogP contribution >= 0.6 is 15.6 Å². The molecule has 0 aliphatic heterocycles. The Morgan fingerprint density at radius 3 is 0.736 bits per heavy atom. The number of aliphatic hydroxyl groups excluding tert-OH is 1. The molecule has 5 unspecified atom stereocenters. The summed E-state index contributed by atoms with van der Waals surface area (Å²) in [5.41, 5.74) is 0. The monoisotopic (exact) mass is 1520 g/mol. The second kappa shape index (κ2) is 77.1. The summed E-state index contributed by atoms with van der Waals surface area (Å²) in [6.45, 7) is 4.26. The zero-order chi connectivity index (χ0) is 77.4. The molecule has 598 valence electrons. The van der Waals surface area contributed by atoms with Crippen LogP contribution in [0.1, 0.15) is 272 Å². The Labute approximate surface area is 640 Å². The van der Waals surface area contributed by atoms with Crippen molar-refractivity contribution in [3.05, 3.63) is 194 Å². The van der Waals surface area contributed by atoms with E-state index in [1.54, 1.807) is 0 Å². The highest BCUT2D eigenvalue weighted by atomic mass is 31.2. The molecule has 0 aliphatic rings. The fourth-order valence-corrected chi connectivity index (χ4v) is 11.2. The average molecular weight is 1520 g/mol. The van der Waals surface area contributed by atoms with Gasteiger partial charge in [0, 0.05) is 25.7 Å². The van der Waals surface area contributed by atoms with Crippen molar-refractivity contribution in [3.8, 4) is 0 Å². The van der Waals surface area contributed by atoms with Gasteiger partial charge in [0.15, 0.2) is 12.2 Å². The Morgan fingerprint density at radius 1 is 0.264 bits per heavy atom. The Kier molecular flexibility index (Phi) is 72.6. The molecule has 0 amide bonds. The largest absolute Gasteiger partial charge is 0.472 e. The maximum absolute atomic E-state index is 13.1. The molecule has 0 saturated heterocycles. The molecule has 0 spiro atoms. The minimum Gasteiger partial charge on any atom is -0.462 e. The third-order valence-corrected chi connectivity index (χ3v) is 17.4. The van der Waals surface area contributed by atoms with Crippen LogP contribution < -0.4 is 0 Å². The van der Waals surface area contributed by atoms with E-state index in [1.807, 2.05) is 0 Å². The Morgan fingerprint density at radius 2 is 0.462 bits per heavy atom. The normalized spacial score (nSPS) is 14.9. The highest BCUT2D eigenvalue weighted by Gasteiger charge is 2.30. The van der Waals surface area contributed by atoms with Gasteiger partial charge in [-0.15, -0.1) is 0 Å². The number of allylic oxidation sites excluding steroid dienone is 32. The zero-order valence-corrected chi connectivity index (χ0v) is 67.1. The lowest BCUT2D eigenvalue weighted by atomic mass is 10.1. The summed E-state index contributed by atoms with van der Waals surface area (Å²) in [5.74, 6) is -2.33. The van der Waals surface area contributed by atoms with E-state index >= 15 is 0 Å². The first kappa shape index (κ1) is 99.9. The maximum atomic E-state index is 13.1. The predicted molar refractivity (Wildman–Crippen MR) is 436 cm³/mol. The number of hydrogen-bond acceptors (Lipinski definition) is 15. The van der Waals surface area contributed by atoms with E-state index in [0.717, 1.165) is 193 Å². The molecule has 0 aromatic carbocycles. The molecule has 0 saturated carbocycles. The molecular formula is C87H138O17P2. The molecule has 5 atom stereocenters. The molecule has 0 aliphatic carbocycles. The average Bonchev–Trinajstić information content (AvgIpc) is 0.902. The van der Waals surface area contributed by atoms with Crippen LogP contribution in [0.4, 0.5) is 0 Å². The summed E-state index contributed by atoms with van der Waals surface area (Å²) in [6.07, 6.45) is 94.1. The number of ether oxygens (including phenoxy) is 4. The van der Waals surface area contributed by atoms with Crippen LogP contribution in [0.3, 0.4) is 0 Å². The zero-order valence-electron chi connectivity index (χ0n) is 65.3. The second-order valence-electron chi connectivity index (χ2n) is 25.5. The summed E-state index contributed by atoms with van der Waals surface area (Å²) < 4.78 is 68.5. The van der Waals surface area contributed by atoms with Gasteiger partial charge in [-0.05, 0) is 180 Å². The van der Waals surface area contributed by atoms with Gasteiger partial charge >= 0.3 is 39.5 Å². The van der Waals surface area contributed by atoms with E-state index in [4.69, 9.17) is 37.0 Å². The molecule has 17 nitrogen and oxygen atoms in total. The first-order valence-electron chi connectivity index (χ1n) is 39.7. The summed E-state index contributed by atoms with van der Waals surface area (Å²) >= 11 is 0. The van der Waals surface area contributed by atoms with Gasteiger partial charge in [0.05, 0.1) is 26.4 Å². The molecule has 0 aromatic heterocycles. The number of phosphoric acid groups is 2. The fraction of sp³-hybridized carbons (Fsp3) is 0.586. The summed E-state index contributed by atoms with van der Waals surface area (Å²) in [7, 11) is -10.0. The number of unbranched alkanes of at least 4 members (excludes halogenated alkanes) is 14. The summed E-state index contributed by atoms with van der Waals surface area (Å²) in [5, 5.41) is 10.6. The number of phosphoric ester groups is 2. The van der Waals surface area contributed by atoms with E-state index in [1.165, 1.54) is 0 Å². The predicted octanol–water partition coefficient (Wildman–Crippen LogP) is 23.3. The summed E-state index contributed by atoms with van der Waals surface area (Å²) in [4.78, 5) is 73.1. The highest BCUT2D eigenvalue weighted by molar-refractivity contribution is 7.47. The number of carbonyl (C=O) groups excluding carboxylic acids is 4. The molecule has 0 fully saturated rings. The van der Waals surface area contributed by atoms with Gasteiger partial charge in [-0.3, -0.25) is 37.3 Å². The lowest BCUT2D eigenvalue weighted by Gasteiger charge is -2.21. The van der Waals surface area contributed by atoms with Crippen molar-refractivity contribution < 1.29 is 80.2 Å². The summed E-state index contributed by atoms with van der Waals surface area (Å²) in [6, 6.07) is 0. The van der Waals surface area contributed by atoms with Crippen LogP contribution in [0.2, 0.25) is 0 Å². The maximum Gasteiger partial charge on any atom is 0.472 e. The molecule has 0 radical (unpaired) electrons. The van der Waals surface area contributed by atoms with Gasteiger partial charge in [-0.25, -0.2) is 9.13 Å². The lowest BCUT2D eigenvalue weighted by Crippen LogP contribution is -2.30. The number of aliphatic hydroxyl groups is 1. The van der Waals surface area contributed by atoms with E-state index in [0.29, 0.717) is 25.7 Å². The van der Waals surface area contributed by atoms with Crippen molar-refractivity contribution in [1.29, 1.82) is 0 Å². The van der Waals surface area contributed by atoms with E-state index in [-0.39, 0.29) is 25.7 Å². The smallest absolute Gasteiger partial charge is 0.462 e. The number of hydrogen-bond donors (Lipinski definition) is 3. The Balaban J connectivity index is 5.50. The highest BCUT2D eigenvalue weighted by Crippen LogP contribution is 2.45. The van der Waals surface area contributed by atoms with Crippen molar-refractivity contribution >= 4 is 39.5 Å². The first-order chi connectivity index (χ1) is 51.7. The Hall–Kier alpha value is -6.10. The van der Waals surface area contributed by atoms with E-state index in [9.17, 15) is 43.2 Å². The number of esters is 4. The number of carbonyl (C=O) groups is 4. The topological polar surface area (TPSA) is 237 Å². The van der Waals surface area contributed by atoms with E-state index in [2.05, 4.69) is 222 Å². The molecule has 19 heteroatoms. The molecule has 106 heavy (non-hydrogen) atoms. The van der Waals surface area contributed by atoms with Crippen LogP contribution in [0, 0.1) is 0 Å². The van der Waals surface area contributed by atoms with Crippen molar-refractivity contribution in [2.45, 2.75) is 290 Å². The van der Waals surface area contributed by atoms with Crippen LogP contribution in [-0.4, -0.2) is 96.7 Å². The lowest BCUT2D eigenvalue weighted by molar-refractivity contribution is -0.161. The van der Waals surface area contributed by atoms with Gasteiger partial charge in [-0.2, -0.15) is 0 Å². The van der Waals surface area contributed by atoms with Gasteiger partial charge in [0.1, 0.15) is 19.3 Å². The van der Waals surface area contributed by atoms with E-state index < -0.39 is 97.5 Å². The third kappa shape index (κ3) is 76.1. The van der Waals surface area contributed by atoms with Gasteiger partial charge < -0.3 is 33.8 Å². The van der Waals surface area contributed by atoms with Gasteiger partial charge in [0.2, 0.25) is 0 Å². The Bertz CT molecular complexity index is 2780. The quantitative estimate of drug-likeness (QED) is 0.0169. The first-order valence-corrected chi connectivity index (χ1v) is 42.7. The molecule has 0 heterocycles. The molecule has 3 N–H and O–H groups in total. The minimum atomic E-state index is -5.01. The molecule has 0 aromatic rings. The number of rotatable bonds is 72. The second-order valence-corrected chi connectivity index (χ2v) is 28.4. The fourth-order valence-electron chi connectivity index (χ4n) is 9.65. The van der Waals surface area contributed by atoms with Gasteiger partial charge in [-0.1, -0.05) is 261 Å².